The molecule has 0 rings (SSSR count). The van der Waals surface area contributed by atoms with Crippen molar-refractivity contribution < 1.29 is 26.2 Å². The summed E-state index contributed by atoms with van der Waals surface area (Å²) in [6.07, 6.45) is -0.372. The highest BCUT2D eigenvalue weighted by Crippen LogP contribution is 2.57. The zero-order chi connectivity index (χ0) is 41.7. The summed E-state index contributed by atoms with van der Waals surface area (Å²) in [4.78, 5) is 0. The highest BCUT2D eigenvalue weighted by atomic mass is 32.1. The Bertz CT molecular complexity index is 1070. The van der Waals surface area contributed by atoms with Crippen molar-refractivity contribution in [3.8, 4) is 0 Å². The molecule has 0 saturated carbocycles. The van der Waals surface area contributed by atoms with Crippen LogP contribution in [0.25, 0.3) is 0 Å². The molecule has 0 fully saturated rings. The van der Waals surface area contributed by atoms with Gasteiger partial charge in [-0.05, 0) is 147 Å². The van der Waals surface area contributed by atoms with Crippen LogP contribution in [0, 0.1) is 51.8 Å². The van der Waals surface area contributed by atoms with Gasteiger partial charge in [0.15, 0.2) is 0 Å². The molecule has 0 aliphatic carbocycles. The first-order valence-electron chi connectivity index (χ1n) is 18.9. The van der Waals surface area contributed by atoms with Crippen molar-refractivity contribution in [3.63, 3.8) is 0 Å². The van der Waals surface area contributed by atoms with E-state index in [9.17, 15) is 0 Å². The van der Waals surface area contributed by atoms with Gasteiger partial charge in [0.1, 0.15) is 7.85 Å². The van der Waals surface area contributed by atoms with Gasteiger partial charge in [0, 0.05) is 27.6 Å². The SMILES string of the molecule is [B]C(C)(OC(C)C(C)(P)C(COS)C(C)C(C)(C)OS)C(C)(C)C(COC(C)(C)C(C)(PC)C(COS)C(C)C(C)OS)C(C)(C)C(C)C(C)(C)C. The van der Waals surface area contributed by atoms with E-state index in [4.69, 9.17) is 34.1 Å². The molecular weight excluding hydrogens is 765 g/mol. The van der Waals surface area contributed by atoms with Crippen molar-refractivity contribution in [1.29, 1.82) is 0 Å². The minimum Gasteiger partial charge on any atom is -0.381 e. The van der Waals surface area contributed by atoms with Crippen LogP contribution in [0.5, 0.6) is 0 Å². The predicted molar refractivity (Wildman–Crippen MR) is 244 cm³/mol. The first kappa shape index (κ1) is 54.1. The third-order valence-corrected chi connectivity index (χ3v) is 18.7. The van der Waals surface area contributed by atoms with Gasteiger partial charge in [-0.3, -0.25) is 0 Å². The topological polar surface area (TPSA) is 55.4 Å². The van der Waals surface area contributed by atoms with Crippen molar-refractivity contribution in [2.75, 3.05) is 26.5 Å². The smallest absolute Gasteiger partial charge is 0.114 e. The van der Waals surface area contributed by atoms with Gasteiger partial charge in [-0.25, -0.2) is 0 Å². The van der Waals surface area contributed by atoms with Crippen molar-refractivity contribution in [2.45, 2.75) is 171 Å². The van der Waals surface area contributed by atoms with E-state index in [1.807, 2.05) is 20.8 Å². The van der Waals surface area contributed by atoms with Crippen LogP contribution < -0.4 is 0 Å². The zero-order valence-electron chi connectivity index (χ0n) is 36.6. The van der Waals surface area contributed by atoms with Gasteiger partial charge in [-0.1, -0.05) is 83.1 Å². The summed E-state index contributed by atoms with van der Waals surface area (Å²) in [5, 5.41) is -0.725. The summed E-state index contributed by atoms with van der Waals surface area (Å²) >= 11 is 16.8. The van der Waals surface area contributed by atoms with E-state index < -0.39 is 27.3 Å². The lowest BCUT2D eigenvalue weighted by molar-refractivity contribution is -0.182. The van der Waals surface area contributed by atoms with Crippen LogP contribution in [0.3, 0.4) is 0 Å². The van der Waals surface area contributed by atoms with Gasteiger partial charge in [-0.15, -0.1) is 17.8 Å². The van der Waals surface area contributed by atoms with Crippen molar-refractivity contribution >= 4 is 77.3 Å². The molecule has 0 bridgehead atoms. The van der Waals surface area contributed by atoms with Crippen molar-refractivity contribution in [2.24, 2.45) is 51.8 Å². The van der Waals surface area contributed by atoms with Gasteiger partial charge in [0.25, 0.3) is 0 Å². The average molecular weight is 847 g/mol. The van der Waals surface area contributed by atoms with Crippen LogP contribution in [0.1, 0.15) is 132 Å². The van der Waals surface area contributed by atoms with E-state index in [-0.39, 0.29) is 57.8 Å². The quantitative estimate of drug-likeness (QED) is 0.0336. The molecule has 0 aliphatic rings. The average Bonchev–Trinajstić information content (AvgIpc) is 3.02. The Labute approximate surface area is 350 Å². The Morgan fingerprint density at radius 2 is 1.17 bits per heavy atom. The van der Waals surface area contributed by atoms with Crippen LogP contribution >= 0.6 is 69.5 Å². The van der Waals surface area contributed by atoms with E-state index in [1.165, 1.54) is 0 Å². The third-order valence-electron chi connectivity index (χ3n) is 14.7. The molecule has 2 radical (unpaired) electrons. The van der Waals surface area contributed by atoms with Crippen LogP contribution in [-0.4, -0.2) is 73.6 Å². The lowest BCUT2D eigenvalue weighted by Crippen LogP contribution is -2.61. The van der Waals surface area contributed by atoms with Gasteiger partial charge in [0.05, 0.1) is 43.2 Å². The molecule has 0 N–H and O–H groups in total. The van der Waals surface area contributed by atoms with Crippen molar-refractivity contribution in [3.05, 3.63) is 0 Å². The summed E-state index contributed by atoms with van der Waals surface area (Å²) in [5.74, 6) is 0.575. The molecule has 0 spiro atoms. The van der Waals surface area contributed by atoms with Gasteiger partial charge in [-0.2, -0.15) is 0 Å². The lowest BCUT2D eigenvalue weighted by Gasteiger charge is -2.58. The second kappa shape index (κ2) is 20.4. The van der Waals surface area contributed by atoms with Gasteiger partial charge in [0.2, 0.25) is 0 Å². The van der Waals surface area contributed by atoms with Crippen LogP contribution in [0.4, 0.5) is 0 Å². The summed E-state index contributed by atoms with van der Waals surface area (Å²) in [7, 11) is 11.1. The fraction of sp³-hybridized carbons (Fsp3) is 1.00. The fourth-order valence-electron chi connectivity index (χ4n) is 8.30. The molecule has 52 heavy (non-hydrogen) atoms. The molecular formula is C39H81BO6P2S4. The van der Waals surface area contributed by atoms with Crippen LogP contribution in [-0.2, 0) is 26.2 Å². The van der Waals surface area contributed by atoms with Crippen LogP contribution in [0.2, 0.25) is 0 Å². The first-order valence-corrected chi connectivity index (χ1v) is 22.5. The second-order valence-electron chi connectivity index (χ2n) is 19.6. The number of hydrogen-bond acceptors (Lipinski definition) is 10. The molecule has 310 valence electrons. The monoisotopic (exact) mass is 846 g/mol. The maximum atomic E-state index is 7.47. The second-order valence-corrected chi connectivity index (χ2v) is 23.3. The van der Waals surface area contributed by atoms with E-state index in [2.05, 4.69) is 178 Å². The van der Waals surface area contributed by atoms with Gasteiger partial charge < -0.3 is 26.2 Å². The molecule has 0 aromatic rings. The van der Waals surface area contributed by atoms with Gasteiger partial charge >= 0.3 is 0 Å². The maximum Gasteiger partial charge on any atom is 0.114 e. The Morgan fingerprint density at radius 1 is 0.712 bits per heavy atom. The molecule has 0 heterocycles. The highest BCUT2D eigenvalue weighted by Gasteiger charge is 2.56. The Morgan fingerprint density at radius 3 is 1.56 bits per heavy atom. The minimum atomic E-state index is -1.06. The Balaban J connectivity index is 7.19. The Hall–Kier alpha value is 2.08. The summed E-state index contributed by atoms with van der Waals surface area (Å²) < 4.78 is 36.6. The van der Waals surface area contributed by atoms with E-state index >= 15 is 0 Å². The molecule has 13 heteroatoms. The molecule has 6 nitrogen and oxygen atoms in total. The highest BCUT2D eigenvalue weighted by molar-refractivity contribution is 7.75. The number of rotatable bonds is 24. The predicted octanol–water partition coefficient (Wildman–Crippen LogP) is 11.2. The standard InChI is InChI=1S/C39H81BO6P2S4/c1-24(26(3)45-51)29(21-42-49)38(18,48-20)36(15,16)41-23-31(33(9,10)27(4)32(6,7)8)34(11,12)39(19,40)44-28(5)37(17,47)30(22-43-50)25(2)35(13,14)46-52/h24-31,48-52H,21-23,47H2,1-20H3. The van der Waals surface area contributed by atoms with E-state index in [0.717, 1.165) is 0 Å². The molecule has 0 aromatic carbocycles. The maximum absolute atomic E-state index is 7.47. The minimum absolute atomic E-state index is 0.0110. The number of thiol groups is 4. The lowest BCUT2D eigenvalue weighted by atomic mass is 9.49. The summed E-state index contributed by atoms with van der Waals surface area (Å²) in [6, 6.07) is 0. The first-order chi connectivity index (χ1) is 23.2. The van der Waals surface area contributed by atoms with E-state index in [1.54, 1.807) is 0 Å². The third kappa shape index (κ3) is 12.3. The molecule has 13 atom stereocenters. The number of ether oxygens (including phenoxy) is 2. The Kier molecular flexibility index (Phi) is 21.2. The molecule has 13 unspecified atom stereocenters. The van der Waals surface area contributed by atoms with Crippen molar-refractivity contribution in [1.82, 2.24) is 0 Å². The molecule has 0 saturated heterocycles. The van der Waals surface area contributed by atoms with Crippen LogP contribution in [0.15, 0.2) is 0 Å². The normalized spacial score (nSPS) is 22.5. The number of hydrogen-bond donors (Lipinski definition) is 4. The summed E-state index contributed by atoms with van der Waals surface area (Å²) in [6.45, 7) is 45.7. The van der Waals surface area contributed by atoms with E-state index in [0.29, 0.717) is 34.3 Å². The zero-order valence-corrected chi connectivity index (χ0v) is 42.4. The molecule has 0 amide bonds. The molecule has 0 aliphatic heterocycles. The fourth-order valence-corrected chi connectivity index (χ4v) is 10.8. The summed E-state index contributed by atoms with van der Waals surface area (Å²) in [5.41, 5.74) is -2.86. The molecule has 0 aromatic heterocycles. The largest absolute Gasteiger partial charge is 0.381 e.